The first-order chi connectivity index (χ1) is 10.2. The molecule has 12 heteroatoms. The van der Waals surface area contributed by atoms with Crippen molar-refractivity contribution in [3.8, 4) is 0 Å². The Bertz CT molecular complexity index is 459. The molecule has 1 unspecified atom stereocenters. The van der Waals surface area contributed by atoms with Gasteiger partial charge in [-0.1, -0.05) is 0 Å². The Balaban J connectivity index is 4.83. The number of aliphatic carboxylic acids is 2. The number of carbonyl (C=O) groups excluding carboxylic acids is 2. The van der Waals surface area contributed by atoms with Gasteiger partial charge in [-0.3, -0.25) is 19.2 Å². The zero-order valence-electron chi connectivity index (χ0n) is 11.3. The van der Waals surface area contributed by atoms with Gasteiger partial charge in [-0.25, -0.2) is 0 Å². The van der Waals surface area contributed by atoms with Gasteiger partial charge in [-0.2, -0.15) is 0 Å². The average Bonchev–Trinajstić information content (AvgIpc) is 2.46. The Morgan fingerprint density at radius 2 is 1.73 bits per heavy atom. The van der Waals surface area contributed by atoms with E-state index in [9.17, 15) is 24.1 Å². The van der Waals surface area contributed by atoms with E-state index in [0.717, 1.165) is 0 Å². The van der Waals surface area contributed by atoms with E-state index in [1.165, 1.54) is 0 Å². The van der Waals surface area contributed by atoms with Crippen LogP contribution in [0.3, 0.4) is 0 Å². The normalized spacial score (nSPS) is 14.5. The SMILES string of the molecule is N[C@H](C(=O)NCC(=O)O)C(SN=O)C(=O)[C@@H](N)CCC(=O)O. The lowest BCUT2D eigenvalue weighted by molar-refractivity contribution is -0.138. The summed E-state index contributed by atoms with van der Waals surface area (Å²) in [6, 6.07) is -2.79. The van der Waals surface area contributed by atoms with Crippen molar-refractivity contribution in [2.75, 3.05) is 6.54 Å². The molecule has 22 heavy (non-hydrogen) atoms. The highest BCUT2D eigenvalue weighted by Crippen LogP contribution is 2.18. The molecule has 0 aromatic heterocycles. The number of nitrogens with one attached hydrogen (secondary N) is 1. The third-order valence-corrected chi connectivity index (χ3v) is 3.35. The summed E-state index contributed by atoms with van der Waals surface area (Å²) in [5, 5.41) is 17.5. The van der Waals surface area contributed by atoms with E-state index >= 15 is 0 Å². The summed E-state index contributed by atoms with van der Waals surface area (Å²) >= 11 is 0.177. The lowest BCUT2D eigenvalue weighted by Gasteiger charge is -2.21. The molecular weight excluding hydrogens is 320 g/mol. The van der Waals surface area contributed by atoms with Gasteiger partial charge in [-0.15, -0.1) is 4.91 Å². The Morgan fingerprint density at radius 1 is 1.14 bits per heavy atom. The lowest BCUT2D eigenvalue weighted by Crippen LogP contribution is -2.53. The maximum atomic E-state index is 12.0. The maximum Gasteiger partial charge on any atom is 0.322 e. The van der Waals surface area contributed by atoms with Crippen LogP contribution in [-0.4, -0.2) is 57.7 Å². The van der Waals surface area contributed by atoms with E-state index in [0.29, 0.717) is 0 Å². The van der Waals surface area contributed by atoms with Crippen LogP contribution in [-0.2, 0) is 19.2 Å². The topological polar surface area (TPSA) is 202 Å². The molecule has 11 nitrogen and oxygen atoms in total. The minimum atomic E-state index is -1.55. The van der Waals surface area contributed by atoms with E-state index < -0.39 is 47.5 Å². The predicted octanol–water partition coefficient (Wildman–Crippen LogP) is -1.94. The van der Waals surface area contributed by atoms with Gasteiger partial charge in [0.25, 0.3) is 0 Å². The number of amides is 1. The van der Waals surface area contributed by atoms with Crippen molar-refractivity contribution in [1.29, 1.82) is 0 Å². The monoisotopic (exact) mass is 336 g/mol. The molecule has 0 aliphatic rings. The van der Waals surface area contributed by atoms with Crippen molar-refractivity contribution in [2.45, 2.75) is 30.2 Å². The second kappa shape index (κ2) is 9.81. The molecule has 0 saturated carbocycles. The number of nitrogens with two attached hydrogens (primary N) is 2. The minimum Gasteiger partial charge on any atom is -0.481 e. The van der Waals surface area contributed by atoms with Crippen LogP contribution in [0.5, 0.6) is 0 Å². The van der Waals surface area contributed by atoms with Crippen molar-refractivity contribution >= 4 is 35.6 Å². The highest BCUT2D eigenvalue weighted by Gasteiger charge is 2.35. The van der Waals surface area contributed by atoms with Gasteiger partial charge >= 0.3 is 11.9 Å². The largest absolute Gasteiger partial charge is 0.481 e. The molecule has 7 N–H and O–H groups in total. The number of hydrogen-bond donors (Lipinski definition) is 5. The Morgan fingerprint density at radius 3 is 2.18 bits per heavy atom. The molecule has 1 amide bonds. The van der Waals surface area contributed by atoms with Crippen LogP contribution in [0.1, 0.15) is 12.8 Å². The molecule has 0 aromatic rings. The molecule has 0 saturated heterocycles. The first-order valence-electron chi connectivity index (χ1n) is 5.95. The van der Waals surface area contributed by atoms with E-state index in [1.54, 1.807) is 0 Å². The van der Waals surface area contributed by atoms with E-state index in [2.05, 4.69) is 4.58 Å². The first kappa shape index (κ1) is 19.9. The summed E-state index contributed by atoms with van der Waals surface area (Å²) < 4.78 is 2.43. The highest BCUT2D eigenvalue weighted by molar-refractivity contribution is 7.99. The number of carboxylic acid groups (broad SMARTS) is 2. The fraction of sp³-hybridized carbons (Fsp3) is 0.600. The van der Waals surface area contributed by atoms with Crippen LogP contribution in [0, 0.1) is 4.91 Å². The summed E-state index contributed by atoms with van der Waals surface area (Å²) in [5.74, 6) is -4.27. The molecule has 0 spiro atoms. The number of Topliss-reactive ketones (excluding diaryl/α,β-unsaturated/α-hetero) is 1. The molecule has 0 bridgehead atoms. The number of ketones is 1. The quantitative estimate of drug-likeness (QED) is 0.208. The molecule has 0 radical (unpaired) electrons. The summed E-state index contributed by atoms with van der Waals surface area (Å²) in [4.78, 5) is 54.7. The molecule has 0 rings (SSSR count). The van der Waals surface area contributed by atoms with Crippen LogP contribution in [0.25, 0.3) is 0 Å². The third-order valence-electron chi connectivity index (χ3n) is 2.51. The fourth-order valence-electron chi connectivity index (χ4n) is 1.39. The molecule has 3 atom stereocenters. The molecule has 0 aliphatic carbocycles. The van der Waals surface area contributed by atoms with Crippen molar-refractivity contribution in [2.24, 2.45) is 16.0 Å². The van der Waals surface area contributed by atoms with Crippen LogP contribution in [0.2, 0.25) is 0 Å². The number of carboxylic acids is 2. The average molecular weight is 336 g/mol. The number of carbonyl (C=O) groups is 4. The van der Waals surface area contributed by atoms with E-state index in [1.807, 2.05) is 5.32 Å². The molecule has 124 valence electrons. The second-order valence-corrected chi connectivity index (χ2v) is 5.05. The maximum absolute atomic E-state index is 12.0. The minimum absolute atomic E-state index is 0.177. The van der Waals surface area contributed by atoms with Gasteiger partial charge in [0.1, 0.15) is 17.8 Å². The Hall–Kier alpha value is -2.05. The van der Waals surface area contributed by atoms with Gasteiger partial charge in [-0.05, 0) is 6.42 Å². The smallest absolute Gasteiger partial charge is 0.322 e. The molecule has 0 aromatic carbocycles. The number of hydrogen-bond acceptors (Lipinski definition) is 9. The van der Waals surface area contributed by atoms with Gasteiger partial charge in [0, 0.05) is 23.0 Å². The Labute approximate surface area is 128 Å². The second-order valence-electron chi connectivity index (χ2n) is 4.18. The van der Waals surface area contributed by atoms with Crippen LogP contribution in [0.15, 0.2) is 4.58 Å². The molecule has 0 fully saturated rings. The summed E-state index contributed by atoms with van der Waals surface area (Å²) in [5.41, 5.74) is 11.0. The molecular formula is C10H16N4O7S. The first-order valence-corrected chi connectivity index (χ1v) is 6.79. The molecule has 0 aliphatic heterocycles. The summed E-state index contributed by atoms with van der Waals surface area (Å²) in [6.45, 7) is -0.711. The van der Waals surface area contributed by atoms with E-state index in [-0.39, 0.29) is 24.8 Å². The van der Waals surface area contributed by atoms with Gasteiger partial charge in [0.2, 0.25) is 5.91 Å². The lowest BCUT2D eigenvalue weighted by atomic mass is 10.0. The highest BCUT2D eigenvalue weighted by atomic mass is 32.2. The van der Waals surface area contributed by atoms with Gasteiger partial charge in [0.05, 0.1) is 6.04 Å². The zero-order chi connectivity index (χ0) is 17.3. The molecule has 0 heterocycles. The van der Waals surface area contributed by atoms with Crippen molar-refractivity contribution in [1.82, 2.24) is 5.32 Å². The van der Waals surface area contributed by atoms with Crippen LogP contribution in [0.4, 0.5) is 0 Å². The standard InChI is InChI=1S/C10H16N4O7S/c11-4(1-2-5(15)16)8(19)9(22-14-21)7(12)10(20)13-3-6(17)18/h4,7,9H,1-3,11-12H2,(H,13,20)(H,15,16)(H,17,18)/t4-,7-,9?/m0/s1. The summed E-state index contributed by atoms with van der Waals surface area (Å²) in [6.07, 6.45) is -0.577. The Kier molecular flexibility index (Phi) is 8.89. The van der Waals surface area contributed by atoms with Crippen molar-refractivity contribution < 1.29 is 29.4 Å². The fourth-order valence-corrected chi connectivity index (χ4v) is 2.02. The summed E-state index contributed by atoms with van der Waals surface area (Å²) in [7, 11) is 0. The van der Waals surface area contributed by atoms with Gasteiger partial charge < -0.3 is 27.0 Å². The third kappa shape index (κ3) is 7.10. The van der Waals surface area contributed by atoms with Crippen molar-refractivity contribution in [3.63, 3.8) is 0 Å². The zero-order valence-corrected chi connectivity index (χ0v) is 12.1. The number of rotatable bonds is 11. The predicted molar refractivity (Wildman–Crippen MR) is 75.6 cm³/mol. The van der Waals surface area contributed by atoms with Crippen LogP contribution < -0.4 is 16.8 Å². The number of nitroso groups, excluding NO2 is 1. The van der Waals surface area contributed by atoms with Crippen molar-refractivity contribution in [3.05, 3.63) is 4.91 Å². The van der Waals surface area contributed by atoms with Crippen LogP contribution >= 0.6 is 11.9 Å². The van der Waals surface area contributed by atoms with E-state index in [4.69, 9.17) is 21.7 Å². The van der Waals surface area contributed by atoms with Gasteiger partial charge in [0.15, 0.2) is 5.78 Å². The number of nitrogens with zero attached hydrogens (tertiary/aromatic N) is 1.